The summed E-state index contributed by atoms with van der Waals surface area (Å²) >= 11 is 0. The van der Waals surface area contributed by atoms with Crippen molar-refractivity contribution in [1.82, 2.24) is 0 Å². The molecule has 0 saturated heterocycles. The van der Waals surface area contributed by atoms with Gasteiger partial charge in [0.15, 0.2) is 12.0 Å². The molecule has 5 nitrogen and oxygen atoms in total. The lowest BCUT2D eigenvalue weighted by Gasteiger charge is -1.97. The molecule has 0 saturated carbocycles. The van der Waals surface area contributed by atoms with E-state index in [-0.39, 0.29) is 17.8 Å². The van der Waals surface area contributed by atoms with Crippen molar-refractivity contribution in [3.63, 3.8) is 0 Å². The van der Waals surface area contributed by atoms with Crippen LogP contribution in [0.25, 0.3) is 0 Å². The predicted molar refractivity (Wildman–Crippen MR) is 42.2 cm³/mol. The summed E-state index contributed by atoms with van der Waals surface area (Å²) in [6, 6.07) is 0. The fourth-order valence-electron chi connectivity index (χ4n) is 0.759. The van der Waals surface area contributed by atoms with E-state index >= 15 is 0 Å². The van der Waals surface area contributed by atoms with Crippen LogP contribution >= 0.6 is 0 Å². The van der Waals surface area contributed by atoms with Gasteiger partial charge in [0.05, 0.1) is 6.61 Å². The van der Waals surface area contributed by atoms with Crippen LogP contribution in [-0.4, -0.2) is 30.3 Å². The number of carbonyl (C=O) groups is 2. The normalized spacial score (nSPS) is 15.1. The average Bonchev–Trinajstić information content (AvgIpc) is 2.52. The summed E-state index contributed by atoms with van der Waals surface area (Å²) in [6.45, 7) is 2.00. The van der Waals surface area contributed by atoms with Gasteiger partial charge in [-0.1, -0.05) is 0 Å². The first-order valence-electron chi connectivity index (χ1n) is 3.53. The first-order valence-corrected chi connectivity index (χ1v) is 3.53. The molecular weight excluding hydrogens is 160 g/mol. The van der Waals surface area contributed by atoms with E-state index < -0.39 is 5.97 Å². The van der Waals surface area contributed by atoms with E-state index in [1.807, 2.05) is 0 Å². The zero-order valence-corrected chi connectivity index (χ0v) is 6.61. The zero-order chi connectivity index (χ0) is 8.97. The van der Waals surface area contributed by atoms with E-state index in [0.29, 0.717) is 12.9 Å². The second kappa shape index (κ2) is 3.75. The smallest absolute Gasteiger partial charge is 0.354 e. The van der Waals surface area contributed by atoms with Gasteiger partial charge in [-0.2, -0.15) is 5.10 Å². The second-order valence-corrected chi connectivity index (χ2v) is 2.15. The Bertz CT molecular complexity index is 268. The van der Waals surface area contributed by atoms with Crippen molar-refractivity contribution in [3.05, 3.63) is 0 Å². The summed E-state index contributed by atoms with van der Waals surface area (Å²) < 4.78 is 4.66. The van der Waals surface area contributed by atoms with Crippen molar-refractivity contribution in [2.24, 2.45) is 10.2 Å². The van der Waals surface area contributed by atoms with E-state index in [1.54, 1.807) is 6.92 Å². The van der Waals surface area contributed by atoms with Gasteiger partial charge in [0, 0.05) is 6.42 Å². The van der Waals surface area contributed by atoms with Gasteiger partial charge < -0.3 is 4.74 Å². The van der Waals surface area contributed by atoms with Gasteiger partial charge in [0.1, 0.15) is 5.71 Å². The molecule has 1 rings (SSSR count). The summed E-state index contributed by atoms with van der Waals surface area (Å²) in [7, 11) is 0. The van der Waals surface area contributed by atoms with Crippen molar-refractivity contribution in [1.29, 1.82) is 0 Å². The third-order valence-electron chi connectivity index (χ3n) is 1.29. The highest BCUT2D eigenvalue weighted by molar-refractivity contribution is 6.47. The molecule has 0 bridgehead atoms. The molecule has 1 aliphatic heterocycles. The Balaban J connectivity index is 2.50. The van der Waals surface area contributed by atoms with Crippen molar-refractivity contribution in [2.75, 3.05) is 6.61 Å². The van der Waals surface area contributed by atoms with E-state index in [0.717, 1.165) is 0 Å². The highest BCUT2D eigenvalue weighted by Gasteiger charge is 2.19. The van der Waals surface area contributed by atoms with Crippen LogP contribution in [0.3, 0.4) is 0 Å². The molecule has 0 aliphatic carbocycles. The Labute approximate surface area is 69.1 Å². The minimum absolute atomic E-state index is 0.183. The maximum atomic E-state index is 11.0. The topological polar surface area (TPSA) is 68.1 Å². The van der Waals surface area contributed by atoms with Crippen LogP contribution in [-0.2, 0) is 14.3 Å². The summed E-state index contributed by atoms with van der Waals surface area (Å²) in [5.41, 5.74) is 0.456. The van der Waals surface area contributed by atoms with Gasteiger partial charge in [-0.25, -0.2) is 4.79 Å². The first-order chi connectivity index (χ1) is 5.77. The Hall–Kier alpha value is -1.52. The molecule has 0 aromatic heterocycles. The Morgan fingerprint density at radius 1 is 1.67 bits per heavy atom. The standard InChI is InChI=1S/C7H8N2O3/c1-2-12-7(11)6-3-5(4-10)8-9-6/h4H,2-3H2,1H3. The molecule has 0 amide bonds. The number of hydrogen-bond donors (Lipinski definition) is 0. The molecule has 1 heterocycles. The molecular formula is C7H8N2O3. The summed E-state index contributed by atoms with van der Waals surface area (Å²) in [5.74, 6) is -0.502. The van der Waals surface area contributed by atoms with Crippen LogP contribution < -0.4 is 0 Å². The van der Waals surface area contributed by atoms with Crippen LogP contribution in [0.2, 0.25) is 0 Å². The molecule has 12 heavy (non-hydrogen) atoms. The molecule has 0 atom stereocenters. The molecule has 0 radical (unpaired) electrons. The lowest BCUT2D eigenvalue weighted by atomic mass is 10.2. The number of hydrogen-bond acceptors (Lipinski definition) is 5. The summed E-state index contributed by atoms with van der Waals surface area (Å²) in [5, 5.41) is 6.98. The van der Waals surface area contributed by atoms with Gasteiger partial charge in [-0.15, -0.1) is 5.10 Å². The number of carbonyl (C=O) groups excluding carboxylic acids is 2. The van der Waals surface area contributed by atoms with Crippen LogP contribution in [0.4, 0.5) is 0 Å². The summed E-state index contributed by atoms with van der Waals surface area (Å²) in [6.07, 6.45) is 0.762. The average molecular weight is 168 g/mol. The maximum absolute atomic E-state index is 11.0. The highest BCUT2D eigenvalue weighted by atomic mass is 16.5. The van der Waals surface area contributed by atoms with E-state index in [1.165, 1.54) is 0 Å². The van der Waals surface area contributed by atoms with Gasteiger partial charge >= 0.3 is 5.97 Å². The quantitative estimate of drug-likeness (QED) is 0.438. The monoisotopic (exact) mass is 168 g/mol. The van der Waals surface area contributed by atoms with Gasteiger partial charge in [-0.3, -0.25) is 4.79 Å². The van der Waals surface area contributed by atoms with E-state index in [4.69, 9.17) is 0 Å². The molecule has 0 N–H and O–H groups in total. The fourth-order valence-corrected chi connectivity index (χ4v) is 0.759. The molecule has 0 aromatic rings. The molecule has 0 unspecified atom stereocenters. The van der Waals surface area contributed by atoms with Crippen LogP contribution in [0.15, 0.2) is 10.2 Å². The lowest BCUT2D eigenvalue weighted by molar-refractivity contribution is -0.135. The van der Waals surface area contributed by atoms with Gasteiger partial charge in [0.2, 0.25) is 0 Å². The van der Waals surface area contributed by atoms with E-state index in [2.05, 4.69) is 14.9 Å². The van der Waals surface area contributed by atoms with Crippen molar-refractivity contribution >= 4 is 23.7 Å². The Morgan fingerprint density at radius 2 is 2.42 bits per heavy atom. The number of aldehydes is 1. The van der Waals surface area contributed by atoms with Crippen LogP contribution in [0, 0.1) is 0 Å². The first kappa shape index (κ1) is 8.58. The summed E-state index contributed by atoms with van der Waals surface area (Å²) in [4.78, 5) is 21.1. The van der Waals surface area contributed by atoms with E-state index in [9.17, 15) is 9.59 Å². The lowest BCUT2D eigenvalue weighted by Crippen LogP contribution is -2.17. The SMILES string of the molecule is CCOC(=O)C1=NN=C(C=O)C1. The van der Waals surface area contributed by atoms with Crippen LogP contribution in [0.1, 0.15) is 13.3 Å². The molecule has 1 aliphatic rings. The van der Waals surface area contributed by atoms with Gasteiger partial charge in [-0.05, 0) is 6.92 Å². The van der Waals surface area contributed by atoms with Crippen molar-refractivity contribution in [2.45, 2.75) is 13.3 Å². The second-order valence-electron chi connectivity index (χ2n) is 2.15. The maximum Gasteiger partial charge on any atom is 0.354 e. The third-order valence-corrected chi connectivity index (χ3v) is 1.29. The predicted octanol–water partition coefficient (Wildman–Crippen LogP) is -0.0509. The Morgan fingerprint density at radius 3 is 2.92 bits per heavy atom. The third kappa shape index (κ3) is 1.75. The minimum Gasteiger partial charge on any atom is -0.461 e. The molecule has 0 fully saturated rings. The molecule has 0 spiro atoms. The minimum atomic E-state index is -0.502. The zero-order valence-electron chi connectivity index (χ0n) is 6.61. The largest absolute Gasteiger partial charge is 0.461 e. The molecule has 0 aromatic carbocycles. The number of nitrogens with zero attached hydrogens (tertiary/aromatic N) is 2. The number of ether oxygens (including phenoxy) is 1. The van der Waals surface area contributed by atoms with Gasteiger partial charge in [0.25, 0.3) is 0 Å². The Kier molecular flexibility index (Phi) is 2.68. The molecule has 5 heteroatoms. The fraction of sp³-hybridized carbons (Fsp3) is 0.429. The highest BCUT2D eigenvalue weighted by Crippen LogP contribution is 2.02. The van der Waals surface area contributed by atoms with Crippen LogP contribution in [0.5, 0.6) is 0 Å². The molecule has 64 valence electrons. The number of esters is 1. The van der Waals surface area contributed by atoms with Crippen molar-refractivity contribution < 1.29 is 14.3 Å². The van der Waals surface area contributed by atoms with Crippen molar-refractivity contribution in [3.8, 4) is 0 Å². The number of rotatable bonds is 3.